The van der Waals surface area contributed by atoms with Gasteiger partial charge in [-0.25, -0.2) is 0 Å². The summed E-state index contributed by atoms with van der Waals surface area (Å²) in [5.41, 5.74) is 2.89. The molecule has 2 aromatic carbocycles. The molecule has 0 spiro atoms. The molecule has 0 aliphatic carbocycles. The molecule has 0 amide bonds. The van der Waals surface area contributed by atoms with Crippen LogP contribution in [0.3, 0.4) is 0 Å². The normalized spacial score (nSPS) is 11.3. The van der Waals surface area contributed by atoms with Crippen LogP contribution in [0.25, 0.3) is 19.3 Å². The molecule has 0 bridgehead atoms. The summed E-state index contributed by atoms with van der Waals surface area (Å²) in [7, 11) is 0. The maximum absolute atomic E-state index is 2.26. The molecule has 74 valence electrons. The number of hydrogen-bond acceptors (Lipinski definition) is 0. The second-order valence-corrected chi connectivity index (χ2v) is 6.15. The Morgan fingerprint density at radius 1 is 0.733 bits per heavy atom. The Morgan fingerprint density at radius 2 is 1.20 bits per heavy atom. The third kappa shape index (κ3) is 1.27. The first-order valence-corrected chi connectivity index (χ1v) is 6.86. The van der Waals surface area contributed by atoms with E-state index in [4.69, 9.17) is 0 Å². The molecule has 0 unspecified atom stereocenters. The van der Waals surface area contributed by atoms with Crippen molar-refractivity contribution in [1.29, 1.82) is 0 Å². The van der Waals surface area contributed by atoms with Crippen LogP contribution in [0.5, 0.6) is 0 Å². The summed E-state index contributed by atoms with van der Waals surface area (Å²) in [6, 6.07) is 13.3. The predicted molar refractivity (Wildman–Crippen MR) is 67.9 cm³/mol. The van der Waals surface area contributed by atoms with Crippen LogP contribution < -0.4 is 0 Å². The number of benzene rings is 2. The van der Waals surface area contributed by atoms with Crippen LogP contribution in [-0.2, 0) is 0 Å². The van der Waals surface area contributed by atoms with Gasteiger partial charge in [-0.3, -0.25) is 0 Å². The van der Waals surface area contributed by atoms with Gasteiger partial charge in [0.05, 0.1) is 0 Å². The van der Waals surface area contributed by atoms with Crippen molar-refractivity contribution in [1.82, 2.24) is 0 Å². The Kier molecular flexibility index (Phi) is 1.98. The summed E-state index contributed by atoms with van der Waals surface area (Å²) in [5.74, 6) is 0. The Morgan fingerprint density at radius 3 is 1.67 bits per heavy atom. The molecule has 0 saturated heterocycles. The Hall–Kier alpha value is -1.04. The Labute approximate surface area is 95.3 Å². The number of rotatable bonds is 0. The molecule has 3 rings (SSSR count). The van der Waals surface area contributed by atoms with Gasteiger partial charge >= 0.3 is 95.2 Å². The molecule has 0 fully saturated rings. The van der Waals surface area contributed by atoms with Crippen molar-refractivity contribution >= 4 is 33.8 Å². The molecule has 0 atom stereocenters. The summed E-state index contributed by atoms with van der Waals surface area (Å²) >= 11 is 0.515. The summed E-state index contributed by atoms with van der Waals surface area (Å²) in [6.45, 7) is 4.45. The van der Waals surface area contributed by atoms with Crippen LogP contribution in [-0.4, -0.2) is 14.5 Å². The van der Waals surface area contributed by atoms with E-state index in [1.54, 1.807) is 8.52 Å². The summed E-state index contributed by atoms with van der Waals surface area (Å²) in [5, 5.41) is 2.93. The zero-order valence-electron chi connectivity index (χ0n) is 8.87. The van der Waals surface area contributed by atoms with Gasteiger partial charge in [0.1, 0.15) is 0 Å². The molecule has 0 radical (unpaired) electrons. The number of fused-ring (bicyclic) bond motifs is 3. The van der Waals surface area contributed by atoms with Crippen LogP contribution in [0.1, 0.15) is 11.1 Å². The zero-order valence-corrected chi connectivity index (χ0v) is 10.6. The first-order chi connectivity index (χ1) is 7.27. The summed E-state index contributed by atoms with van der Waals surface area (Å²) in [6.07, 6.45) is 0. The van der Waals surface area contributed by atoms with Gasteiger partial charge in [-0.1, -0.05) is 0 Å². The van der Waals surface area contributed by atoms with Gasteiger partial charge < -0.3 is 0 Å². The first-order valence-electron chi connectivity index (χ1n) is 5.15. The molecule has 0 aliphatic rings. The van der Waals surface area contributed by atoms with E-state index in [1.165, 1.54) is 21.9 Å². The van der Waals surface area contributed by atoms with Crippen molar-refractivity contribution in [3.05, 3.63) is 47.5 Å². The molecule has 1 heterocycles. The van der Waals surface area contributed by atoms with Crippen molar-refractivity contribution in [2.75, 3.05) is 0 Å². The number of hydrogen-bond donors (Lipinski definition) is 0. The predicted octanol–water partition coefficient (Wildman–Crippen LogP) is 3.67. The van der Waals surface area contributed by atoms with E-state index in [9.17, 15) is 0 Å². The van der Waals surface area contributed by atoms with E-state index in [0.717, 1.165) is 0 Å². The van der Waals surface area contributed by atoms with E-state index >= 15 is 0 Å². The van der Waals surface area contributed by atoms with Crippen molar-refractivity contribution < 1.29 is 0 Å². The molecular weight excluding hydrogens is 247 g/mol. The molecule has 0 saturated carbocycles. The van der Waals surface area contributed by atoms with Crippen LogP contribution in [0, 0.1) is 13.8 Å². The molecule has 0 nitrogen and oxygen atoms in total. The van der Waals surface area contributed by atoms with Crippen molar-refractivity contribution in [3.63, 3.8) is 0 Å². The quantitative estimate of drug-likeness (QED) is 0.540. The average molecular weight is 259 g/mol. The maximum atomic E-state index is 2.26. The van der Waals surface area contributed by atoms with E-state index in [1.807, 2.05) is 0 Å². The van der Waals surface area contributed by atoms with Gasteiger partial charge in [-0.2, -0.15) is 0 Å². The van der Waals surface area contributed by atoms with Gasteiger partial charge in [0.25, 0.3) is 0 Å². The molecular formula is C14H12Se. The monoisotopic (exact) mass is 260 g/mol. The van der Waals surface area contributed by atoms with Crippen LogP contribution in [0.4, 0.5) is 0 Å². The molecule has 1 aromatic heterocycles. The van der Waals surface area contributed by atoms with Crippen LogP contribution in [0.2, 0.25) is 0 Å². The van der Waals surface area contributed by atoms with Crippen molar-refractivity contribution in [2.45, 2.75) is 13.8 Å². The molecule has 3 aromatic rings. The summed E-state index contributed by atoms with van der Waals surface area (Å²) in [4.78, 5) is 0. The standard InChI is InChI=1S/C14H12Se/c1-9-5-3-7-11-12-8-4-6-10(2)14(12)15-13(9)11/h3-8H,1-2H3. The van der Waals surface area contributed by atoms with Crippen molar-refractivity contribution in [2.24, 2.45) is 0 Å². The van der Waals surface area contributed by atoms with Gasteiger partial charge in [-0.05, 0) is 0 Å². The van der Waals surface area contributed by atoms with Crippen molar-refractivity contribution in [3.8, 4) is 0 Å². The van der Waals surface area contributed by atoms with Gasteiger partial charge in [0, 0.05) is 0 Å². The van der Waals surface area contributed by atoms with E-state index in [-0.39, 0.29) is 0 Å². The second-order valence-electron chi connectivity index (χ2n) is 4.01. The fourth-order valence-electron chi connectivity index (χ4n) is 2.10. The van der Waals surface area contributed by atoms with Crippen LogP contribution in [0.15, 0.2) is 36.4 Å². The van der Waals surface area contributed by atoms with Gasteiger partial charge in [-0.15, -0.1) is 0 Å². The zero-order chi connectivity index (χ0) is 10.4. The fraction of sp³-hybridized carbons (Fsp3) is 0.143. The topological polar surface area (TPSA) is 0 Å². The van der Waals surface area contributed by atoms with Gasteiger partial charge in [0.15, 0.2) is 0 Å². The van der Waals surface area contributed by atoms with E-state index < -0.39 is 0 Å². The molecule has 0 N–H and O–H groups in total. The Balaban J connectivity index is 2.63. The SMILES string of the molecule is Cc1cccc2c1[se]c1c(C)cccc12. The molecule has 15 heavy (non-hydrogen) atoms. The second kappa shape index (κ2) is 3.23. The van der Waals surface area contributed by atoms with Gasteiger partial charge in [0.2, 0.25) is 0 Å². The minimum absolute atomic E-state index is 0.515. The third-order valence-corrected chi connectivity index (χ3v) is 6.05. The number of aryl methyl sites for hydroxylation is 2. The summed E-state index contributed by atoms with van der Waals surface area (Å²) < 4.78 is 3.16. The minimum atomic E-state index is 0.515. The first kappa shape index (κ1) is 9.20. The van der Waals surface area contributed by atoms with Crippen LogP contribution >= 0.6 is 0 Å². The molecule has 1 heteroatoms. The molecule has 0 aliphatic heterocycles. The average Bonchev–Trinajstić information content (AvgIpc) is 2.60. The third-order valence-electron chi connectivity index (χ3n) is 2.92. The van der Waals surface area contributed by atoms with E-state index in [2.05, 4.69) is 50.2 Å². The van der Waals surface area contributed by atoms with E-state index in [0.29, 0.717) is 14.5 Å². The Bertz CT molecular complexity index is 591. The fourth-order valence-corrected chi connectivity index (χ4v) is 4.70.